The number of amides is 1. The number of nitrogens with zero attached hydrogens (tertiary/aromatic N) is 2. The second kappa shape index (κ2) is 9.28. The molecule has 0 radical (unpaired) electrons. The molecule has 5 rings (SSSR count). The van der Waals surface area contributed by atoms with Crippen molar-refractivity contribution in [3.63, 3.8) is 0 Å². The van der Waals surface area contributed by atoms with Gasteiger partial charge >= 0.3 is 12.5 Å². The molecule has 3 heterocycles. The predicted octanol–water partition coefficient (Wildman–Crippen LogP) is 6.56. The minimum absolute atomic E-state index is 0.0503. The van der Waals surface area contributed by atoms with Crippen LogP contribution in [0.2, 0.25) is 0 Å². The number of alkyl halides is 3. The van der Waals surface area contributed by atoms with Crippen LogP contribution in [0.25, 0.3) is 11.3 Å². The standard InChI is InChI=1S/C26H31F3N2O5/c1-25(2,3)35-24(32)31-16-10-11-17(31)13-18(12-16)33-14-20-22(30-36-23(20)15-8-9-15)19-6-4-5-7-21(19)34-26(27,28)29/h4-7,15-18H,8-14H2,1-3H3/t16-,17-/m0/s1. The van der Waals surface area contributed by atoms with Crippen LogP contribution in [0, 0.1) is 0 Å². The molecule has 0 spiro atoms. The zero-order valence-electron chi connectivity index (χ0n) is 20.6. The van der Waals surface area contributed by atoms with E-state index in [9.17, 15) is 18.0 Å². The summed E-state index contributed by atoms with van der Waals surface area (Å²) < 4.78 is 60.8. The average Bonchev–Trinajstić information content (AvgIpc) is 3.47. The van der Waals surface area contributed by atoms with Crippen LogP contribution in [-0.2, 0) is 16.1 Å². The molecule has 7 nitrogen and oxygen atoms in total. The van der Waals surface area contributed by atoms with Gasteiger partial charge in [-0.05, 0) is 71.4 Å². The summed E-state index contributed by atoms with van der Waals surface area (Å²) in [6.45, 7) is 5.74. The zero-order chi connectivity index (χ0) is 25.7. The lowest BCUT2D eigenvalue weighted by Gasteiger charge is -2.39. The summed E-state index contributed by atoms with van der Waals surface area (Å²) in [7, 11) is 0. The maximum absolute atomic E-state index is 13.0. The molecule has 3 aliphatic rings. The minimum Gasteiger partial charge on any atom is -0.444 e. The molecule has 1 saturated carbocycles. The Balaban J connectivity index is 1.32. The van der Waals surface area contributed by atoms with Crippen molar-refractivity contribution in [3.05, 3.63) is 35.6 Å². The van der Waals surface area contributed by atoms with E-state index in [-0.39, 0.29) is 48.1 Å². The fourth-order valence-corrected chi connectivity index (χ4v) is 5.29. The lowest BCUT2D eigenvalue weighted by molar-refractivity contribution is -0.274. The van der Waals surface area contributed by atoms with E-state index >= 15 is 0 Å². The van der Waals surface area contributed by atoms with Crippen LogP contribution in [0.15, 0.2) is 28.8 Å². The number of benzene rings is 1. The highest BCUT2D eigenvalue weighted by atomic mass is 19.4. The first kappa shape index (κ1) is 24.9. The van der Waals surface area contributed by atoms with Crippen molar-refractivity contribution >= 4 is 6.09 Å². The summed E-state index contributed by atoms with van der Waals surface area (Å²) in [5.41, 5.74) is 0.632. The van der Waals surface area contributed by atoms with Crippen molar-refractivity contribution in [3.8, 4) is 17.0 Å². The Morgan fingerprint density at radius 3 is 2.36 bits per heavy atom. The van der Waals surface area contributed by atoms with Crippen molar-refractivity contribution in [2.75, 3.05) is 0 Å². The Bertz CT molecular complexity index is 1090. The summed E-state index contributed by atoms with van der Waals surface area (Å²) in [6.07, 6.45) is -0.134. The van der Waals surface area contributed by atoms with Crippen molar-refractivity contribution in [2.45, 2.75) is 102 Å². The number of aromatic nitrogens is 1. The van der Waals surface area contributed by atoms with Crippen molar-refractivity contribution in [1.29, 1.82) is 0 Å². The van der Waals surface area contributed by atoms with E-state index in [0.29, 0.717) is 29.9 Å². The van der Waals surface area contributed by atoms with E-state index in [2.05, 4.69) is 9.89 Å². The molecule has 1 aromatic carbocycles. The normalized spacial score (nSPS) is 24.2. The van der Waals surface area contributed by atoms with Gasteiger partial charge in [0.2, 0.25) is 0 Å². The van der Waals surface area contributed by atoms with Gasteiger partial charge < -0.3 is 23.6 Å². The lowest BCUT2D eigenvalue weighted by Crippen LogP contribution is -2.50. The molecule has 0 unspecified atom stereocenters. The molecule has 2 bridgehead atoms. The number of halogens is 3. The Hall–Kier alpha value is -2.75. The maximum Gasteiger partial charge on any atom is 0.573 e. The molecule has 1 aromatic heterocycles. The quantitative estimate of drug-likeness (QED) is 0.440. The minimum atomic E-state index is -4.82. The van der Waals surface area contributed by atoms with Crippen LogP contribution in [0.3, 0.4) is 0 Å². The number of ether oxygens (including phenoxy) is 3. The van der Waals surface area contributed by atoms with E-state index in [0.717, 1.165) is 25.7 Å². The zero-order valence-corrected chi connectivity index (χ0v) is 20.6. The molecule has 1 amide bonds. The smallest absolute Gasteiger partial charge is 0.444 e. The molecule has 1 aliphatic carbocycles. The van der Waals surface area contributed by atoms with Gasteiger partial charge in [-0.1, -0.05) is 17.3 Å². The number of para-hydroxylation sites is 1. The van der Waals surface area contributed by atoms with Crippen LogP contribution in [0.4, 0.5) is 18.0 Å². The van der Waals surface area contributed by atoms with Gasteiger partial charge in [-0.2, -0.15) is 0 Å². The third kappa shape index (κ3) is 5.48. The van der Waals surface area contributed by atoms with Gasteiger partial charge in [0, 0.05) is 29.1 Å². The third-order valence-corrected chi connectivity index (χ3v) is 6.89. The molecule has 2 aromatic rings. The van der Waals surface area contributed by atoms with Crippen molar-refractivity contribution < 1.29 is 36.7 Å². The van der Waals surface area contributed by atoms with Gasteiger partial charge in [0.25, 0.3) is 0 Å². The summed E-state index contributed by atoms with van der Waals surface area (Å²) in [5, 5.41) is 4.14. The Kier molecular flexibility index (Phi) is 6.43. The number of carbonyl (C=O) groups excluding carboxylic acids is 1. The summed E-state index contributed by atoms with van der Waals surface area (Å²) >= 11 is 0. The second-order valence-corrected chi connectivity index (χ2v) is 10.9. The summed E-state index contributed by atoms with van der Waals surface area (Å²) in [5.74, 6) is 0.539. The maximum atomic E-state index is 13.0. The van der Waals surface area contributed by atoms with Gasteiger partial charge in [0.05, 0.1) is 12.7 Å². The Labute approximate surface area is 207 Å². The molecule has 2 aliphatic heterocycles. The van der Waals surface area contributed by atoms with E-state index in [1.54, 1.807) is 12.1 Å². The molecule has 2 atom stereocenters. The van der Waals surface area contributed by atoms with Gasteiger partial charge in [-0.15, -0.1) is 13.2 Å². The molecule has 196 valence electrons. The number of piperidine rings is 1. The monoisotopic (exact) mass is 508 g/mol. The molecule has 0 N–H and O–H groups in total. The topological polar surface area (TPSA) is 74.0 Å². The van der Waals surface area contributed by atoms with Crippen LogP contribution >= 0.6 is 0 Å². The molecule has 2 saturated heterocycles. The average molecular weight is 509 g/mol. The molecule has 3 fully saturated rings. The van der Waals surface area contributed by atoms with Crippen LogP contribution in [0.1, 0.15) is 76.5 Å². The van der Waals surface area contributed by atoms with Crippen LogP contribution in [0.5, 0.6) is 5.75 Å². The highest BCUT2D eigenvalue weighted by Crippen LogP contribution is 2.46. The van der Waals surface area contributed by atoms with Crippen LogP contribution in [-0.4, -0.2) is 46.3 Å². The highest BCUT2D eigenvalue weighted by Gasteiger charge is 2.45. The number of hydrogen-bond acceptors (Lipinski definition) is 6. The van der Waals surface area contributed by atoms with Gasteiger partial charge in [-0.3, -0.25) is 0 Å². The largest absolute Gasteiger partial charge is 0.573 e. The van der Waals surface area contributed by atoms with Gasteiger partial charge in [0.15, 0.2) is 0 Å². The van der Waals surface area contributed by atoms with E-state index in [1.807, 2.05) is 25.7 Å². The third-order valence-electron chi connectivity index (χ3n) is 6.89. The molecule has 10 heteroatoms. The van der Waals surface area contributed by atoms with E-state index in [4.69, 9.17) is 14.0 Å². The van der Waals surface area contributed by atoms with Crippen molar-refractivity contribution in [1.82, 2.24) is 10.1 Å². The first-order valence-corrected chi connectivity index (χ1v) is 12.4. The van der Waals surface area contributed by atoms with Crippen molar-refractivity contribution in [2.24, 2.45) is 0 Å². The first-order valence-electron chi connectivity index (χ1n) is 12.4. The number of hydrogen-bond donors (Lipinski definition) is 0. The Morgan fingerprint density at radius 1 is 1.08 bits per heavy atom. The number of carbonyl (C=O) groups is 1. The number of fused-ring (bicyclic) bond motifs is 2. The fourth-order valence-electron chi connectivity index (χ4n) is 5.29. The second-order valence-electron chi connectivity index (χ2n) is 10.9. The lowest BCUT2D eigenvalue weighted by atomic mass is 9.99. The molecular weight excluding hydrogens is 477 g/mol. The van der Waals surface area contributed by atoms with Gasteiger partial charge in [-0.25, -0.2) is 4.79 Å². The van der Waals surface area contributed by atoms with Crippen LogP contribution < -0.4 is 4.74 Å². The predicted molar refractivity (Wildman–Crippen MR) is 123 cm³/mol. The summed E-state index contributed by atoms with van der Waals surface area (Å²) in [4.78, 5) is 14.6. The van der Waals surface area contributed by atoms with Gasteiger partial charge in [0.1, 0.15) is 22.8 Å². The SMILES string of the molecule is CC(C)(C)OC(=O)N1[C@H]2CC[C@H]1CC(OCc1c(-c3ccccc3OC(F)(F)F)noc1C1CC1)C2. The Morgan fingerprint density at radius 2 is 1.75 bits per heavy atom. The van der Waals surface area contributed by atoms with E-state index in [1.165, 1.54) is 12.1 Å². The highest BCUT2D eigenvalue weighted by molar-refractivity contribution is 5.71. The fraction of sp³-hybridized carbons (Fsp3) is 0.615. The van der Waals surface area contributed by atoms with E-state index < -0.39 is 12.0 Å². The molecular formula is C26H31F3N2O5. The molecule has 36 heavy (non-hydrogen) atoms. The first-order chi connectivity index (χ1) is 17.0. The number of rotatable bonds is 6. The summed E-state index contributed by atoms with van der Waals surface area (Å²) in [6, 6.07) is 6.03.